The number of halogens is 1. The number of rotatable bonds is 2. The lowest BCUT2D eigenvalue weighted by molar-refractivity contribution is 0.102. The number of benzene rings is 2. The van der Waals surface area contributed by atoms with Crippen molar-refractivity contribution in [2.75, 3.05) is 17.8 Å². The van der Waals surface area contributed by atoms with Gasteiger partial charge in [-0.15, -0.1) is 0 Å². The summed E-state index contributed by atoms with van der Waals surface area (Å²) in [6, 6.07) is 7.76. The van der Waals surface area contributed by atoms with Crippen LogP contribution in [0.15, 0.2) is 30.3 Å². The predicted octanol–water partition coefficient (Wildman–Crippen LogP) is 2.70. The molecule has 21 heavy (non-hydrogen) atoms. The number of nitrogen functional groups attached to an aromatic ring is 1. The fourth-order valence-corrected chi connectivity index (χ4v) is 2.08. The molecule has 108 valence electrons. The van der Waals surface area contributed by atoms with E-state index in [1.807, 2.05) is 0 Å². The van der Waals surface area contributed by atoms with Crippen molar-refractivity contribution in [3.8, 4) is 11.5 Å². The summed E-state index contributed by atoms with van der Waals surface area (Å²) < 4.78 is 24.3. The van der Waals surface area contributed by atoms with Crippen molar-refractivity contribution in [2.24, 2.45) is 0 Å². The maximum Gasteiger partial charge on any atom is 0.258 e. The first-order chi connectivity index (χ1) is 10.1. The van der Waals surface area contributed by atoms with Crippen molar-refractivity contribution in [2.45, 2.75) is 6.92 Å². The lowest BCUT2D eigenvalue weighted by atomic mass is 10.1. The molecule has 6 heteroatoms. The molecule has 3 N–H and O–H groups in total. The molecule has 1 amide bonds. The minimum atomic E-state index is -0.568. The molecule has 0 saturated carbocycles. The maximum atomic E-state index is 13.9. The van der Waals surface area contributed by atoms with E-state index in [0.29, 0.717) is 28.4 Å². The van der Waals surface area contributed by atoms with Gasteiger partial charge in [0, 0.05) is 12.1 Å². The van der Waals surface area contributed by atoms with Crippen LogP contribution in [-0.4, -0.2) is 12.7 Å². The molecule has 2 aromatic rings. The van der Waals surface area contributed by atoms with Gasteiger partial charge >= 0.3 is 0 Å². The number of nitrogens with two attached hydrogens (primary N) is 1. The zero-order valence-corrected chi connectivity index (χ0v) is 11.3. The Hall–Kier alpha value is -2.76. The molecule has 3 rings (SSSR count). The van der Waals surface area contributed by atoms with Crippen LogP contribution in [0.5, 0.6) is 11.5 Å². The molecule has 0 saturated heterocycles. The van der Waals surface area contributed by atoms with E-state index < -0.39 is 11.7 Å². The second-order valence-electron chi connectivity index (χ2n) is 4.68. The Bertz CT molecular complexity index is 731. The number of hydrogen-bond donors (Lipinski definition) is 2. The Morgan fingerprint density at radius 2 is 2.00 bits per heavy atom. The van der Waals surface area contributed by atoms with Gasteiger partial charge in [0.05, 0.1) is 16.9 Å². The third-order valence-electron chi connectivity index (χ3n) is 3.23. The lowest BCUT2D eigenvalue weighted by Crippen LogP contribution is -2.15. The van der Waals surface area contributed by atoms with Gasteiger partial charge in [0.15, 0.2) is 11.5 Å². The van der Waals surface area contributed by atoms with Crippen LogP contribution >= 0.6 is 0 Å². The molecule has 0 unspecified atom stereocenters. The summed E-state index contributed by atoms with van der Waals surface area (Å²) in [5.41, 5.74) is 6.88. The number of aryl methyl sites for hydroxylation is 1. The molecule has 5 nitrogen and oxygen atoms in total. The molecule has 1 aliphatic rings. The summed E-state index contributed by atoms with van der Waals surface area (Å²) >= 11 is 0. The summed E-state index contributed by atoms with van der Waals surface area (Å²) in [4.78, 5) is 12.2. The first kappa shape index (κ1) is 13.2. The van der Waals surface area contributed by atoms with Crippen molar-refractivity contribution in [3.63, 3.8) is 0 Å². The van der Waals surface area contributed by atoms with E-state index in [-0.39, 0.29) is 12.4 Å². The Morgan fingerprint density at radius 1 is 1.29 bits per heavy atom. The second-order valence-corrected chi connectivity index (χ2v) is 4.68. The summed E-state index contributed by atoms with van der Waals surface area (Å²) in [5, 5.41) is 2.58. The molecule has 0 atom stereocenters. The number of carbonyl (C=O) groups excluding carboxylic acids is 1. The number of carbonyl (C=O) groups is 1. The van der Waals surface area contributed by atoms with Crippen LogP contribution in [0.3, 0.4) is 0 Å². The number of hydrogen-bond acceptors (Lipinski definition) is 4. The van der Waals surface area contributed by atoms with E-state index >= 15 is 0 Å². The number of amides is 1. The fraction of sp³-hybridized carbons (Fsp3) is 0.133. The van der Waals surface area contributed by atoms with Crippen LogP contribution in [-0.2, 0) is 0 Å². The Kier molecular flexibility index (Phi) is 3.13. The van der Waals surface area contributed by atoms with Gasteiger partial charge in [0.25, 0.3) is 5.91 Å². The number of anilines is 2. The molecule has 0 bridgehead atoms. The van der Waals surface area contributed by atoms with Crippen molar-refractivity contribution in [1.29, 1.82) is 0 Å². The molecule has 0 aromatic heterocycles. The van der Waals surface area contributed by atoms with Crippen LogP contribution in [0.4, 0.5) is 15.8 Å². The quantitative estimate of drug-likeness (QED) is 0.833. The van der Waals surface area contributed by atoms with Crippen LogP contribution in [0.25, 0.3) is 0 Å². The molecular weight excluding hydrogens is 275 g/mol. The lowest BCUT2D eigenvalue weighted by Gasteiger charge is -2.10. The van der Waals surface area contributed by atoms with Gasteiger partial charge in [-0.05, 0) is 18.6 Å². The largest absolute Gasteiger partial charge is 0.454 e. The predicted molar refractivity (Wildman–Crippen MR) is 76.1 cm³/mol. The van der Waals surface area contributed by atoms with Gasteiger partial charge in [-0.1, -0.05) is 12.1 Å². The minimum Gasteiger partial charge on any atom is -0.454 e. The van der Waals surface area contributed by atoms with Crippen LogP contribution in [0, 0.1) is 12.7 Å². The van der Waals surface area contributed by atoms with Gasteiger partial charge < -0.3 is 20.5 Å². The van der Waals surface area contributed by atoms with Crippen molar-refractivity contribution in [1.82, 2.24) is 0 Å². The highest BCUT2D eigenvalue weighted by atomic mass is 19.1. The normalized spacial score (nSPS) is 12.3. The molecule has 2 aromatic carbocycles. The zero-order valence-electron chi connectivity index (χ0n) is 11.3. The molecule has 0 aliphatic carbocycles. The number of fused-ring (bicyclic) bond motifs is 1. The smallest absolute Gasteiger partial charge is 0.258 e. The van der Waals surface area contributed by atoms with Crippen LogP contribution in [0.1, 0.15) is 15.9 Å². The summed E-state index contributed by atoms with van der Waals surface area (Å²) in [6.07, 6.45) is 0. The summed E-state index contributed by atoms with van der Waals surface area (Å²) in [7, 11) is 0. The van der Waals surface area contributed by atoms with E-state index in [2.05, 4.69) is 5.32 Å². The van der Waals surface area contributed by atoms with Crippen molar-refractivity contribution < 1.29 is 18.7 Å². The number of nitrogens with one attached hydrogen (secondary N) is 1. The van der Waals surface area contributed by atoms with Crippen molar-refractivity contribution in [3.05, 3.63) is 47.3 Å². The zero-order chi connectivity index (χ0) is 15.0. The van der Waals surface area contributed by atoms with E-state index in [9.17, 15) is 9.18 Å². The van der Waals surface area contributed by atoms with Gasteiger partial charge in [-0.2, -0.15) is 0 Å². The SMILES string of the molecule is Cc1cccc(C(=O)Nc2cc3c(cc2N)OCO3)c1F. The first-order valence-corrected chi connectivity index (χ1v) is 6.32. The minimum absolute atomic E-state index is 0.0351. The summed E-state index contributed by atoms with van der Waals surface area (Å²) in [5.74, 6) is -0.104. The van der Waals surface area contributed by atoms with Gasteiger partial charge in [0.2, 0.25) is 6.79 Å². The second kappa shape index (κ2) is 4.97. The van der Waals surface area contributed by atoms with Crippen LogP contribution in [0.2, 0.25) is 0 Å². The van der Waals surface area contributed by atoms with Gasteiger partial charge in [-0.3, -0.25) is 4.79 Å². The standard InChI is InChI=1S/C15H13FN2O3/c1-8-3-2-4-9(14(8)16)15(19)18-11-6-13-12(5-10(11)17)20-7-21-13/h2-6H,7,17H2,1H3,(H,18,19). The molecule has 1 aliphatic heterocycles. The van der Waals surface area contributed by atoms with Crippen LogP contribution < -0.4 is 20.5 Å². The van der Waals surface area contributed by atoms with E-state index in [4.69, 9.17) is 15.2 Å². The Balaban J connectivity index is 1.90. The average molecular weight is 288 g/mol. The number of ether oxygens (including phenoxy) is 2. The molecule has 1 heterocycles. The van der Waals surface area contributed by atoms with Gasteiger partial charge in [0.1, 0.15) is 5.82 Å². The fourth-order valence-electron chi connectivity index (χ4n) is 2.08. The monoisotopic (exact) mass is 288 g/mol. The third kappa shape index (κ3) is 2.35. The molecule has 0 radical (unpaired) electrons. The molecule has 0 spiro atoms. The van der Waals surface area contributed by atoms with E-state index in [1.54, 1.807) is 31.2 Å². The third-order valence-corrected chi connectivity index (χ3v) is 3.23. The Morgan fingerprint density at radius 3 is 2.76 bits per heavy atom. The van der Waals surface area contributed by atoms with E-state index in [0.717, 1.165) is 0 Å². The highest BCUT2D eigenvalue weighted by Gasteiger charge is 2.19. The highest BCUT2D eigenvalue weighted by molar-refractivity contribution is 6.06. The Labute approximate surface area is 120 Å². The molecular formula is C15H13FN2O3. The van der Waals surface area contributed by atoms with E-state index in [1.165, 1.54) is 6.07 Å². The van der Waals surface area contributed by atoms with Gasteiger partial charge in [-0.25, -0.2) is 4.39 Å². The topological polar surface area (TPSA) is 73.6 Å². The van der Waals surface area contributed by atoms with Crippen molar-refractivity contribution >= 4 is 17.3 Å². The average Bonchev–Trinajstić information content (AvgIpc) is 2.89. The highest BCUT2D eigenvalue weighted by Crippen LogP contribution is 2.38. The summed E-state index contributed by atoms with van der Waals surface area (Å²) in [6.45, 7) is 1.71. The molecule has 0 fully saturated rings. The first-order valence-electron chi connectivity index (χ1n) is 6.32. The maximum absolute atomic E-state index is 13.9.